The molecule has 0 radical (unpaired) electrons. The molecule has 0 heterocycles. The Morgan fingerprint density at radius 2 is 0.614 bits per heavy atom. The van der Waals surface area contributed by atoms with Crippen LogP contribution in [0.15, 0.2) is 205 Å². The van der Waals surface area contributed by atoms with Crippen molar-refractivity contribution < 1.29 is 18.1 Å². The Hall–Kier alpha value is -3.83. The van der Waals surface area contributed by atoms with Crippen LogP contribution in [-0.4, -0.2) is 4.57 Å². The van der Waals surface area contributed by atoms with Gasteiger partial charge >= 0.3 is 274 Å². The van der Waals surface area contributed by atoms with Gasteiger partial charge in [0.1, 0.15) is 0 Å². The molecule has 0 atom stereocenters. The molecule has 0 bridgehead atoms. The number of rotatable bonds is 10. The fraction of sp³-hybridized carbons (Fsp3) is 0. The van der Waals surface area contributed by atoms with E-state index in [1.165, 1.54) is 37.1 Å². The van der Waals surface area contributed by atoms with Crippen LogP contribution in [0.4, 0.5) is 0 Å². The summed E-state index contributed by atoms with van der Waals surface area (Å²) in [7, 11) is -4.62. The van der Waals surface area contributed by atoms with Crippen molar-refractivity contribution in [2.45, 2.75) is 0 Å². The summed E-state index contributed by atoms with van der Waals surface area (Å²) in [5, 5.41) is 10.4. The van der Waals surface area contributed by atoms with E-state index in [9.17, 15) is 0 Å². The summed E-state index contributed by atoms with van der Waals surface area (Å²) in [6.07, 6.45) is 2.45. The van der Waals surface area contributed by atoms with E-state index in [0.717, 1.165) is 5.31 Å². The number of benzene rings is 6. The second kappa shape index (κ2) is 13.9. The van der Waals surface area contributed by atoms with Crippen molar-refractivity contribution in [2.24, 2.45) is 0 Å². The van der Waals surface area contributed by atoms with E-state index < -0.39 is 14.5 Å². The van der Waals surface area contributed by atoms with Crippen LogP contribution < -0.4 is 31.8 Å². The van der Waals surface area contributed by atoms with Crippen LogP contribution in [0.5, 0.6) is 0 Å². The molecule has 0 saturated carbocycles. The summed E-state index contributed by atoms with van der Waals surface area (Å²) < 4.78 is 2.36. The van der Waals surface area contributed by atoms with Crippen LogP contribution in [0.25, 0.3) is 0 Å². The van der Waals surface area contributed by atoms with Crippen molar-refractivity contribution in [1.29, 1.82) is 0 Å². The molecule has 6 aromatic rings. The summed E-state index contributed by atoms with van der Waals surface area (Å²) in [5.74, 6) is 0. The van der Waals surface area contributed by atoms with Crippen LogP contribution >= 0.6 is 14.5 Å². The Morgan fingerprint density at radius 1 is 0.386 bits per heavy atom. The topological polar surface area (TPSA) is 0 Å². The molecule has 3 heteroatoms. The summed E-state index contributed by atoms with van der Waals surface area (Å²) in [6, 6.07) is 66.3. The van der Waals surface area contributed by atoms with Gasteiger partial charge in [-0.05, 0) is 0 Å². The molecule has 44 heavy (non-hydrogen) atoms. The molecule has 0 aliphatic rings. The van der Waals surface area contributed by atoms with Gasteiger partial charge in [0.05, 0.1) is 0 Å². The first-order chi connectivity index (χ1) is 21.7. The van der Waals surface area contributed by atoms with Gasteiger partial charge in [-0.3, -0.25) is 0 Å². The van der Waals surface area contributed by atoms with Crippen molar-refractivity contribution in [3.05, 3.63) is 205 Å². The number of allylic oxidation sites excluding steroid dienone is 3. The first kappa shape index (κ1) is 30.2. The van der Waals surface area contributed by atoms with Crippen molar-refractivity contribution in [1.82, 2.24) is 0 Å². The molecular weight excluding hydrogens is 745 g/mol. The van der Waals surface area contributed by atoms with Crippen molar-refractivity contribution >= 4 is 50.9 Å². The monoisotopic (exact) mass is 780 g/mol. The molecule has 214 valence electrons. The third-order valence-corrected chi connectivity index (χ3v) is 17.9. The van der Waals surface area contributed by atoms with Gasteiger partial charge in [0.2, 0.25) is 0 Å². The van der Waals surface area contributed by atoms with E-state index in [1.54, 1.807) is 0 Å². The van der Waals surface area contributed by atoms with E-state index in [4.69, 9.17) is 6.58 Å². The zero-order valence-corrected chi connectivity index (χ0v) is 28.8. The second-order valence-electron chi connectivity index (χ2n) is 10.5. The molecule has 0 fully saturated rings. The molecule has 0 nitrogen and oxygen atoms in total. The molecule has 0 unspecified atom stereocenters. The average molecular weight is 779 g/mol. The van der Waals surface area contributed by atoms with Gasteiger partial charge in [0.15, 0.2) is 0 Å². The maximum atomic E-state index is 5.01. The van der Waals surface area contributed by atoms with Crippen LogP contribution in [0, 0.1) is 0 Å². The Balaban J connectivity index is 1.71. The van der Waals surface area contributed by atoms with E-state index in [2.05, 4.69) is 193 Å². The predicted molar refractivity (Wildman–Crippen MR) is 194 cm³/mol. The maximum absolute atomic E-state index is 5.01. The van der Waals surface area contributed by atoms with E-state index in [1.807, 2.05) is 18.1 Å². The molecule has 0 amide bonds. The Labute approximate surface area is 273 Å². The van der Waals surface area contributed by atoms with Crippen LogP contribution in [0.2, 0.25) is 0 Å². The van der Waals surface area contributed by atoms with Gasteiger partial charge in [0.25, 0.3) is 0 Å². The average Bonchev–Trinajstić information content (AvgIpc) is 3.11. The third-order valence-electron chi connectivity index (χ3n) is 8.10. The van der Waals surface area contributed by atoms with Crippen LogP contribution in [0.3, 0.4) is 0 Å². The van der Waals surface area contributed by atoms with Gasteiger partial charge in [0, 0.05) is 0 Å². The van der Waals surface area contributed by atoms with Gasteiger partial charge < -0.3 is 0 Å². The Bertz CT molecular complexity index is 1660. The third kappa shape index (κ3) is 5.47. The fourth-order valence-corrected chi connectivity index (χ4v) is 16.2. The predicted octanol–water partition coefficient (Wildman–Crippen LogP) is 7.72. The van der Waals surface area contributed by atoms with E-state index >= 15 is 0 Å². The molecule has 0 aliphatic carbocycles. The van der Waals surface area contributed by atoms with Gasteiger partial charge in [-0.15, -0.1) is 0 Å². The molecule has 6 aromatic carbocycles. The normalized spacial score (nSPS) is 12.0. The summed E-state index contributed by atoms with van der Waals surface area (Å²) in [6.45, 7) is 5.01. The molecule has 0 aromatic heterocycles. The number of hydrogen-bond donors (Lipinski definition) is 0. The first-order valence-corrected chi connectivity index (χ1v) is 19.7. The molecular formula is C41H34OsP2+2. The standard InChI is InChI=1S/C41H34P2.Os/c1-34(42(36-21-9-3-10-22-36,37-23-11-4-12-24-37)38-25-13-5-14-26-38)33-35(2)43(39-27-15-6-16-28-39,40-29-17-7-18-30-40)41-31-19-8-20-32-41;/h1,3-33H,2H2;/q+2;/b34-33+;. The quantitative estimate of drug-likeness (QED) is 0.0988. The van der Waals surface area contributed by atoms with Crippen LogP contribution in [0.1, 0.15) is 0 Å². The van der Waals surface area contributed by atoms with Crippen LogP contribution in [-0.2, 0) is 18.1 Å². The van der Waals surface area contributed by atoms with Gasteiger partial charge in [-0.2, -0.15) is 0 Å². The Kier molecular flexibility index (Phi) is 9.51. The van der Waals surface area contributed by atoms with E-state index in [0.29, 0.717) is 0 Å². The molecule has 0 saturated heterocycles. The van der Waals surface area contributed by atoms with Gasteiger partial charge in [-0.1, -0.05) is 0 Å². The minimum atomic E-state index is -2.33. The second-order valence-corrected chi connectivity index (χ2v) is 18.1. The fourth-order valence-electron chi connectivity index (χ4n) is 6.21. The first-order valence-electron chi connectivity index (χ1n) is 14.7. The Morgan fingerprint density at radius 3 is 0.841 bits per heavy atom. The summed E-state index contributed by atoms with van der Waals surface area (Å²) >= 11 is 1.94. The minimum absolute atomic E-state index is 1.14. The van der Waals surface area contributed by atoms with Crippen molar-refractivity contribution in [2.75, 3.05) is 0 Å². The molecule has 0 N–H and O–H groups in total. The summed E-state index contributed by atoms with van der Waals surface area (Å²) in [4.78, 5) is 0. The zero-order valence-electron chi connectivity index (χ0n) is 24.4. The molecule has 6 rings (SSSR count). The van der Waals surface area contributed by atoms with Gasteiger partial charge in [-0.25, -0.2) is 0 Å². The van der Waals surface area contributed by atoms with Crippen molar-refractivity contribution in [3.8, 4) is 0 Å². The summed E-state index contributed by atoms with van der Waals surface area (Å²) in [5.41, 5.74) is 0. The van der Waals surface area contributed by atoms with Crippen molar-refractivity contribution in [3.63, 3.8) is 0 Å². The number of hydrogen-bond acceptors (Lipinski definition) is 0. The molecule has 0 aliphatic heterocycles. The van der Waals surface area contributed by atoms with E-state index in [-0.39, 0.29) is 0 Å². The SMILES string of the molecule is C=C(/C=C(\[CH]=[Os])[P+](c1ccccc1)(c1ccccc1)c1ccccc1)[P+](c1ccccc1)(c1ccccc1)c1ccccc1. The molecule has 0 spiro atoms. The zero-order chi connectivity index (χ0) is 30.2.